The van der Waals surface area contributed by atoms with Crippen LogP contribution in [-0.4, -0.2) is 62.9 Å². The second-order valence-electron chi connectivity index (χ2n) is 5.75. The van der Waals surface area contributed by atoms with Crippen molar-refractivity contribution in [2.75, 3.05) is 39.4 Å². The van der Waals surface area contributed by atoms with Crippen LogP contribution in [0.25, 0.3) is 0 Å². The molecule has 0 aliphatic carbocycles. The molecule has 24 heavy (non-hydrogen) atoms. The fraction of sp³-hybridized carbons (Fsp3) is 0.588. The van der Waals surface area contributed by atoms with Gasteiger partial charge < -0.3 is 9.64 Å². The van der Waals surface area contributed by atoms with Gasteiger partial charge in [-0.15, -0.1) is 0 Å². The largest absolute Gasteiger partial charge is 0.379 e. The highest BCUT2D eigenvalue weighted by atomic mass is 32.2. The fourth-order valence-corrected chi connectivity index (χ4v) is 4.31. The van der Waals surface area contributed by atoms with Crippen LogP contribution in [0.15, 0.2) is 29.2 Å². The van der Waals surface area contributed by atoms with Gasteiger partial charge in [-0.05, 0) is 25.5 Å². The smallest absolute Gasteiger partial charge is 0.255 e. The summed E-state index contributed by atoms with van der Waals surface area (Å²) in [6.07, 6.45) is 1.88. The average molecular weight is 354 g/mol. The number of unbranched alkanes of at least 4 members (excludes halogenated alkanes) is 1. The summed E-state index contributed by atoms with van der Waals surface area (Å²) in [5.41, 5.74) is 0.252. The first-order chi connectivity index (χ1) is 11.5. The Hall–Kier alpha value is -1.44. The van der Waals surface area contributed by atoms with Gasteiger partial charge in [-0.2, -0.15) is 4.31 Å². The third kappa shape index (κ3) is 4.15. The van der Waals surface area contributed by atoms with Crippen molar-refractivity contribution in [3.05, 3.63) is 29.8 Å². The summed E-state index contributed by atoms with van der Waals surface area (Å²) >= 11 is 0. The predicted molar refractivity (Wildman–Crippen MR) is 92.5 cm³/mol. The first kappa shape index (κ1) is 18.9. The van der Waals surface area contributed by atoms with E-state index < -0.39 is 10.0 Å². The van der Waals surface area contributed by atoms with Crippen LogP contribution in [0.5, 0.6) is 0 Å². The van der Waals surface area contributed by atoms with Gasteiger partial charge in [0.05, 0.1) is 23.7 Å². The van der Waals surface area contributed by atoms with Crippen LogP contribution < -0.4 is 0 Å². The van der Waals surface area contributed by atoms with Gasteiger partial charge in [0.2, 0.25) is 10.0 Å². The number of carbonyl (C=O) groups is 1. The molecule has 1 aromatic carbocycles. The molecule has 0 unspecified atom stereocenters. The van der Waals surface area contributed by atoms with E-state index in [-0.39, 0.29) is 16.4 Å². The zero-order valence-corrected chi connectivity index (χ0v) is 15.2. The van der Waals surface area contributed by atoms with Crippen molar-refractivity contribution in [1.82, 2.24) is 9.21 Å². The molecular weight excluding hydrogens is 328 g/mol. The summed E-state index contributed by atoms with van der Waals surface area (Å²) in [4.78, 5) is 14.6. The van der Waals surface area contributed by atoms with E-state index in [4.69, 9.17) is 4.74 Å². The molecule has 1 aliphatic rings. The van der Waals surface area contributed by atoms with Crippen LogP contribution in [0.4, 0.5) is 0 Å². The molecule has 6 nitrogen and oxygen atoms in total. The van der Waals surface area contributed by atoms with Crippen molar-refractivity contribution in [3.8, 4) is 0 Å². The Labute approximate surface area is 144 Å². The van der Waals surface area contributed by atoms with Gasteiger partial charge in [-0.25, -0.2) is 8.42 Å². The Kier molecular flexibility index (Phi) is 6.77. The van der Waals surface area contributed by atoms with Crippen molar-refractivity contribution in [2.24, 2.45) is 0 Å². The third-order valence-corrected chi connectivity index (χ3v) is 6.11. The van der Waals surface area contributed by atoms with Crippen molar-refractivity contribution < 1.29 is 17.9 Å². The van der Waals surface area contributed by atoms with Crippen molar-refractivity contribution >= 4 is 15.9 Å². The average Bonchev–Trinajstić information content (AvgIpc) is 2.63. The van der Waals surface area contributed by atoms with E-state index in [1.54, 1.807) is 23.1 Å². The van der Waals surface area contributed by atoms with Crippen LogP contribution in [0.1, 0.15) is 37.0 Å². The van der Waals surface area contributed by atoms with Gasteiger partial charge in [0, 0.05) is 26.2 Å². The van der Waals surface area contributed by atoms with E-state index in [0.717, 1.165) is 12.8 Å². The lowest BCUT2D eigenvalue weighted by molar-refractivity contribution is 0.0725. The first-order valence-electron chi connectivity index (χ1n) is 8.48. The van der Waals surface area contributed by atoms with Crippen LogP contribution in [0, 0.1) is 0 Å². The van der Waals surface area contributed by atoms with Gasteiger partial charge in [-0.1, -0.05) is 25.5 Å². The summed E-state index contributed by atoms with van der Waals surface area (Å²) < 4.78 is 32.5. The quantitative estimate of drug-likeness (QED) is 0.751. The minimum atomic E-state index is -3.69. The predicted octanol–water partition coefficient (Wildman–Crippen LogP) is 1.97. The molecule has 7 heteroatoms. The first-order valence-corrected chi connectivity index (χ1v) is 9.92. The minimum absolute atomic E-state index is 0.0897. The van der Waals surface area contributed by atoms with Gasteiger partial charge in [0.25, 0.3) is 5.91 Å². The highest BCUT2D eigenvalue weighted by Crippen LogP contribution is 2.22. The number of nitrogens with zero attached hydrogens (tertiary/aromatic N) is 2. The molecule has 134 valence electrons. The minimum Gasteiger partial charge on any atom is -0.379 e. The normalized spacial score (nSPS) is 16.1. The number of benzene rings is 1. The molecule has 0 radical (unpaired) electrons. The summed E-state index contributed by atoms with van der Waals surface area (Å²) in [5.74, 6) is -0.224. The molecule has 0 N–H and O–H groups in total. The van der Waals surface area contributed by atoms with Gasteiger partial charge in [0.1, 0.15) is 0 Å². The van der Waals surface area contributed by atoms with Gasteiger partial charge >= 0.3 is 0 Å². The lowest BCUT2D eigenvalue weighted by atomic mass is 10.2. The number of carbonyl (C=O) groups excluding carboxylic acids is 1. The highest BCUT2D eigenvalue weighted by molar-refractivity contribution is 7.89. The second-order valence-corrected chi connectivity index (χ2v) is 7.66. The Balaban J connectivity index is 2.34. The molecular formula is C17H26N2O4S. The van der Waals surface area contributed by atoms with Crippen LogP contribution >= 0.6 is 0 Å². The van der Waals surface area contributed by atoms with E-state index in [0.29, 0.717) is 39.4 Å². The molecule has 2 rings (SSSR count). The van der Waals surface area contributed by atoms with E-state index in [2.05, 4.69) is 6.92 Å². The van der Waals surface area contributed by atoms with E-state index in [9.17, 15) is 13.2 Å². The molecule has 1 heterocycles. The van der Waals surface area contributed by atoms with Gasteiger partial charge in [-0.3, -0.25) is 4.79 Å². The van der Waals surface area contributed by atoms with Crippen LogP contribution in [0.3, 0.4) is 0 Å². The molecule has 1 amide bonds. The Morgan fingerprint density at radius 2 is 1.88 bits per heavy atom. The maximum atomic E-state index is 12.9. The van der Waals surface area contributed by atoms with Crippen molar-refractivity contribution in [2.45, 2.75) is 31.6 Å². The lowest BCUT2D eigenvalue weighted by Gasteiger charge is -2.28. The number of ether oxygens (including phenoxy) is 1. The van der Waals surface area contributed by atoms with Crippen molar-refractivity contribution in [1.29, 1.82) is 0 Å². The third-order valence-electron chi connectivity index (χ3n) is 4.16. The number of morpholine rings is 1. The molecule has 0 aromatic heterocycles. The second kappa shape index (κ2) is 8.60. The maximum Gasteiger partial charge on any atom is 0.255 e. The number of hydrogen-bond acceptors (Lipinski definition) is 4. The SMILES string of the molecule is CCCCN(CC)C(=O)c1ccccc1S(=O)(=O)N1CCOCC1. The Bertz CT molecular complexity index is 654. The zero-order valence-electron chi connectivity index (χ0n) is 14.4. The Morgan fingerprint density at radius 3 is 2.50 bits per heavy atom. The topological polar surface area (TPSA) is 66.9 Å². The summed E-state index contributed by atoms with van der Waals surface area (Å²) in [6.45, 7) is 6.57. The fourth-order valence-electron chi connectivity index (χ4n) is 2.72. The van der Waals surface area contributed by atoms with Crippen molar-refractivity contribution in [3.63, 3.8) is 0 Å². The molecule has 1 aromatic rings. The summed E-state index contributed by atoms with van der Waals surface area (Å²) in [6, 6.07) is 6.49. The molecule has 0 saturated carbocycles. The monoisotopic (exact) mass is 354 g/mol. The summed E-state index contributed by atoms with van der Waals surface area (Å²) in [5, 5.41) is 0. The number of amides is 1. The molecule has 0 bridgehead atoms. The molecule has 0 atom stereocenters. The lowest BCUT2D eigenvalue weighted by Crippen LogP contribution is -2.41. The van der Waals surface area contributed by atoms with E-state index in [1.807, 2.05) is 6.92 Å². The van der Waals surface area contributed by atoms with Gasteiger partial charge in [0.15, 0.2) is 0 Å². The number of hydrogen-bond donors (Lipinski definition) is 0. The zero-order chi connectivity index (χ0) is 17.6. The molecule has 1 fully saturated rings. The van der Waals surface area contributed by atoms with Crippen LogP contribution in [-0.2, 0) is 14.8 Å². The molecule has 0 spiro atoms. The standard InChI is InChI=1S/C17H26N2O4S/c1-3-5-10-18(4-2)17(20)15-8-6-7-9-16(15)24(21,22)19-11-13-23-14-12-19/h6-9H,3-5,10-14H2,1-2H3. The maximum absolute atomic E-state index is 12.9. The molecule has 1 saturated heterocycles. The molecule has 1 aliphatic heterocycles. The van der Waals surface area contributed by atoms with E-state index in [1.165, 1.54) is 10.4 Å². The Morgan fingerprint density at radius 1 is 1.21 bits per heavy atom. The summed E-state index contributed by atoms with van der Waals surface area (Å²) in [7, 11) is -3.69. The highest BCUT2D eigenvalue weighted by Gasteiger charge is 2.31. The number of sulfonamides is 1. The number of rotatable bonds is 7. The van der Waals surface area contributed by atoms with E-state index >= 15 is 0 Å². The van der Waals surface area contributed by atoms with Crippen LogP contribution in [0.2, 0.25) is 0 Å².